The summed E-state index contributed by atoms with van der Waals surface area (Å²) in [4.78, 5) is 23.1. The van der Waals surface area contributed by atoms with Crippen molar-refractivity contribution in [2.45, 2.75) is 51.4 Å². The summed E-state index contributed by atoms with van der Waals surface area (Å²) < 4.78 is 0. The molecule has 2 atom stereocenters. The van der Waals surface area contributed by atoms with Crippen LogP contribution >= 0.6 is 0 Å². The molecule has 0 aromatic heterocycles. The first-order chi connectivity index (χ1) is 9.11. The standard InChI is InChI=1S/C15H23NO3/c17-12(18)8-15(6-3-7-15)9-16-14(19)13-10-4-1-2-5-11(10)13/h10-11,13H,1-9H2,(H,16,19)(H,17,18). The average Bonchev–Trinajstić information content (AvgIpc) is 3.06. The molecular formula is C15H23NO3. The second kappa shape index (κ2) is 4.80. The first kappa shape index (κ1) is 12.9. The van der Waals surface area contributed by atoms with E-state index in [1.807, 2.05) is 0 Å². The lowest BCUT2D eigenvalue weighted by Crippen LogP contribution is -2.44. The second-order valence-corrected chi connectivity index (χ2v) is 6.78. The summed E-state index contributed by atoms with van der Waals surface area (Å²) in [6.45, 7) is 0.564. The van der Waals surface area contributed by atoms with Gasteiger partial charge in [-0.1, -0.05) is 19.3 Å². The third kappa shape index (κ3) is 2.49. The number of carboxylic acid groups (broad SMARTS) is 1. The van der Waals surface area contributed by atoms with Crippen molar-refractivity contribution in [1.29, 1.82) is 0 Å². The van der Waals surface area contributed by atoms with E-state index in [4.69, 9.17) is 5.11 Å². The molecule has 106 valence electrons. The zero-order valence-electron chi connectivity index (χ0n) is 11.4. The van der Waals surface area contributed by atoms with Crippen LogP contribution in [0.5, 0.6) is 0 Å². The molecular weight excluding hydrogens is 242 g/mol. The number of carbonyl (C=O) groups excluding carboxylic acids is 1. The van der Waals surface area contributed by atoms with Gasteiger partial charge in [0.15, 0.2) is 0 Å². The maximum Gasteiger partial charge on any atom is 0.303 e. The number of carboxylic acids is 1. The second-order valence-electron chi connectivity index (χ2n) is 6.78. The highest BCUT2D eigenvalue weighted by atomic mass is 16.4. The molecule has 4 heteroatoms. The first-order valence-electron chi connectivity index (χ1n) is 7.61. The van der Waals surface area contributed by atoms with E-state index in [1.165, 1.54) is 25.7 Å². The highest BCUT2D eigenvalue weighted by Crippen LogP contribution is 2.55. The van der Waals surface area contributed by atoms with Gasteiger partial charge in [-0.2, -0.15) is 0 Å². The molecule has 0 heterocycles. The average molecular weight is 265 g/mol. The zero-order chi connectivity index (χ0) is 13.5. The van der Waals surface area contributed by atoms with Gasteiger partial charge in [0.2, 0.25) is 5.91 Å². The maximum absolute atomic E-state index is 12.2. The quantitative estimate of drug-likeness (QED) is 0.800. The van der Waals surface area contributed by atoms with Gasteiger partial charge in [-0.25, -0.2) is 0 Å². The number of amides is 1. The molecule has 0 radical (unpaired) electrons. The molecule has 19 heavy (non-hydrogen) atoms. The van der Waals surface area contributed by atoms with Crippen LogP contribution in [0.3, 0.4) is 0 Å². The van der Waals surface area contributed by atoms with Crippen LogP contribution in [0.25, 0.3) is 0 Å². The highest BCUT2D eigenvalue weighted by molar-refractivity contribution is 5.82. The van der Waals surface area contributed by atoms with Gasteiger partial charge in [-0.3, -0.25) is 9.59 Å². The summed E-state index contributed by atoms with van der Waals surface area (Å²) in [6.07, 6.45) is 8.14. The van der Waals surface area contributed by atoms with Crippen molar-refractivity contribution in [3.63, 3.8) is 0 Å². The topological polar surface area (TPSA) is 66.4 Å². The maximum atomic E-state index is 12.2. The van der Waals surface area contributed by atoms with E-state index in [0.717, 1.165) is 19.3 Å². The molecule has 2 unspecified atom stereocenters. The van der Waals surface area contributed by atoms with Gasteiger partial charge in [0.05, 0.1) is 6.42 Å². The summed E-state index contributed by atoms with van der Waals surface area (Å²) in [5.74, 6) is 0.947. The van der Waals surface area contributed by atoms with Crippen molar-refractivity contribution in [3.05, 3.63) is 0 Å². The molecule has 0 aromatic rings. The Kier molecular flexibility index (Phi) is 3.27. The molecule has 1 amide bonds. The van der Waals surface area contributed by atoms with Crippen molar-refractivity contribution in [2.75, 3.05) is 6.54 Å². The minimum absolute atomic E-state index is 0.151. The Morgan fingerprint density at radius 2 is 1.74 bits per heavy atom. The SMILES string of the molecule is O=C(O)CC1(CNC(=O)C2C3CCCCC32)CCC1. The van der Waals surface area contributed by atoms with E-state index in [0.29, 0.717) is 18.4 Å². The number of fused-ring (bicyclic) bond motifs is 1. The van der Waals surface area contributed by atoms with Gasteiger partial charge >= 0.3 is 5.97 Å². The Morgan fingerprint density at radius 3 is 2.21 bits per heavy atom. The molecule has 3 fully saturated rings. The fourth-order valence-corrected chi connectivity index (χ4v) is 4.19. The van der Waals surface area contributed by atoms with E-state index < -0.39 is 5.97 Å². The van der Waals surface area contributed by atoms with Crippen LogP contribution in [-0.2, 0) is 9.59 Å². The number of carbonyl (C=O) groups is 2. The molecule has 0 aliphatic heterocycles. The number of hydrogen-bond acceptors (Lipinski definition) is 2. The Balaban J connectivity index is 1.49. The number of hydrogen-bond donors (Lipinski definition) is 2. The third-order valence-electron chi connectivity index (χ3n) is 5.54. The summed E-state index contributed by atoms with van der Waals surface area (Å²) in [5, 5.41) is 12.0. The molecule has 3 aliphatic rings. The third-order valence-corrected chi connectivity index (χ3v) is 5.54. The Morgan fingerprint density at radius 1 is 1.11 bits per heavy atom. The van der Waals surface area contributed by atoms with E-state index in [9.17, 15) is 9.59 Å². The molecule has 2 N–H and O–H groups in total. The fraction of sp³-hybridized carbons (Fsp3) is 0.867. The monoisotopic (exact) mass is 265 g/mol. The van der Waals surface area contributed by atoms with Gasteiger partial charge in [0, 0.05) is 12.5 Å². The summed E-state index contributed by atoms with van der Waals surface area (Å²) >= 11 is 0. The predicted octanol–water partition coefficient (Wildman–Crippen LogP) is 2.18. The van der Waals surface area contributed by atoms with E-state index >= 15 is 0 Å². The molecule has 3 aliphatic carbocycles. The number of nitrogens with one attached hydrogen (secondary N) is 1. The minimum Gasteiger partial charge on any atom is -0.481 e. The van der Waals surface area contributed by atoms with Crippen LogP contribution in [0.1, 0.15) is 51.4 Å². The summed E-state index contributed by atoms with van der Waals surface area (Å²) in [6, 6.07) is 0. The number of aliphatic carboxylic acids is 1. The van der Waals surface area contributed by atoms with Gasteiger partial charge in [-0.05, 0) is 42.9 Å². The molecule has 3 rings (SSSR count). The van der Waals surface area contributed by atoms with Crippen molar-refractivity contribution in [3.8, 4) is 0 Å². The minimum atomic E-state index is -0.742. The normalized spacial score (nSPS) is 34.8. The Hall–Kier alpha value is -1.06. The molecule has 0 spiro atoms. The molecule has 0 aromatic carbocycles. The van der Waals surface area contributed by atoms with E-state index in [1.54, 1.807) is 0 Å². The van der Waals surface area contributed by atoms with E-state index in [-0.39, 0.29) is 23.7 Å². The van der Waals surface area contributed by atoms with E-state index in [2.05, 4.69) is 5.32 Å². The summed E-state index contributed by atoms with van der Waals surface area (Å²) in [5.41, 5.74) is -0.151. The lowest BCUT2D eigenvalue weighted by atomic mass is 9.66. The van der Waals surface area contributed by atoms with Crippen LogP contribution in [0.2, 0.25) is 0 Å². The predicted molar refractivity (Wildman–Crippen MR) is 70.5 cm³/mol. The zero-order valence-corrected chi connectivity index (χ0v) is 11.4. The molecule has 4 nitrogen and oxygen atoms in total. The van der Waals surface area contributed by atoms with Crippen LogP contribution < -0.4 is 5.32 Å². The van der Waals surface area contributed by atoms with Gasteiger partial charge < -0.3 is 10.4 Å². The molecule has 3 saturated carbocycles. The number of rotatable bonds is 5. The lowest BCUT2D eigenvalue weighted by molar-refractivity contribution is -0.142. The lowest BCUT2D eigenvalue weighted by Gasteiger charge is -2.40. The van der Waals surface area contributed by atoms with Crippen LogP contribution in [0.15, 0.2) is 0 Å². The fourth-order valence-electron chi connectivity index (χ4n) is 4.19. The van der Waals surface area contributed by atoms with Crippen molar-refractivity contribution < 1.29 is 14.7 Å². The van der Waals surface area contributed by atoms with Crippen molar-refractivity contribution in [1.82, 2.24) is 5.32 Å². The largest absolute Gasteiger partial charge is 0.481 e. The van der Waals surface area contributed by atoms with Crippen molar-refractivity contribution in [2.24, 2.45) is 23.2 Å². The van der Waals surface area contributed by atoms with Gasteiger partial charge in [0.25, 0.3) is 0 Å². The highest BCUT2D eigenvalue weighted by Gasteiger charge is 2.55. The molecule has 0 saturated heterocycles. The first-order valence-corrected chi connectivity index (χ1v) is 7.61. The molecule has 0 bridgehead atoms. The van der Waals surface area contributed by atoms with Gasteiger partial charge in [0.1, 0.15) is 0 Å². The van der Waals surface area contributed by atoms with Crippen molar-refractivity contribution >= 4 is 11.9 Å². The van der Waals surface area contributed by atoms with Crippen LogP contribution in [-0.4, -0.2) is 23.5 Å². The van der Waals surface area contributed by atoms with Crippen LogP contribution in [0.4, 0.5) is 0 Å². The smallest absolute Gasteiger partial charge is 0.303 e. The van der Waals surface area contributed by atoms with Crippen LogP contribution in [0, 0.1) is 23.2 Å². The Labute approximate surface area is 113 Å². The Bertz CT molecular complexity index is 377. The van der Waals surface area contributed by atoms with Gasteiger partial charge in [-0.15, -0.1) is 0 Å². The summed E-state index contributed by atoms with van der Waals surface area (Å²) in [7, 11) is 0.